The van der Waals surface area contributed by atoms with E-state index in [9.17, 15) is 0 Å². The van der Waals surface area contributed by atoms with E-state index in [0.29, 0.717) is 16.7 Å². The molecule has 0 heterocycles. The molecule has 0 saturated heterocycles. The summed E-state index contributed by atoms with van der Waals surface area (Å²) in [6, 6.07) is 11.5. The fourth-order valence-electron chi connectivity index (χ4n) is 3.09. The summed E-state index contributed by atoms with van der Waals surface area (Å²) in [5, 5.41) is 4.52. The minimum Gasteiger partial charge on any atom is -0.312 e. The second-order valence-electron chi connectivity index (χ2n) is 6.28. The second-order valence-corrected chi connectivity index (χ2v) is 7.59. The van der Waals surface area contributed by atoms with Crippen LogP contribution in [0.4, 0.5) is 0 Å². The molecule has 0 spiro atoms. The summed E-state index contributed by atoms with van der Waals surface area (Å²) in [5.74, 6) is 0. The van der Waals surface area contributed by atoms with Crippen LogP contribution in [-0.4, -0.2) is 17.8 Å². The molecule has 2 rings (SSSR count). The van der Waals surface area contributed by atoms with Crippen molar-refractivity contribution >= 4 is 11.8 Å². The van der Waals surface area contributed by atoms with Crippen molar-refractivity contribution in [1.82, 2.24) is 5.32 Å². The van der Waals surface area contributed by atoms with Gasteiger partial charge in [-0.2, -0.15) is 0 Å². The molecule has 2 heteroatoms. The molecule has 0 aromatic heterocycles. The van der Waals surface area contributed by atoms with E-state index in [1.54, 1.807) is 0 Å². The van der Waals surface area contributed by atoms with E-state index < -0.39 is 0 Å². The van der Waals surface area contributed by atoms with Crippen molar-refractivity contribution in [3.05, 3.63) is 30.3 Å². The summed E-state index contributed by atoms with van der Waals surface area (Å²) in [4.78, 5) is 1.41. The fraction of sp³-hybridized carbons (Fsp3) is 0.647. The Labute approximate surface area is 122 Å². The standard InChI is InChI=1S/C17H27NS/c1-4-13-18-16-15(11-8-12-17(16,2)3)19-14-9-6-5-7-10-14/h5-7,9-10,15-16,18H,4,8,11-13H2,1-3H3. The Bertz CT molecular complexity index is 374. The third kappa shape index (κ3) is 4.00. The summed E-state index contributed by atoms with van der Waals surface area (Å²) in [6.45, 7) is 8.25. The van der Waals surface area contributed by atoms with Crippen molar-refractivity contribution in [2.45, 2.75) is 62.6 Å². The molecule has 1 fully saturated rings. The van der Waals surface area contributed by atoms with Crippen molar-refractivity contribution in [2.75, 3.05) is 6.54 Å². The Balaban J connectivity index is 2.07. The minimum atomic E-state index is 0.417. The van der Waals surface area contributed by atoms with E-state index in [1.165, 1.54) is 30.6 Å². The van der Waals surface area contributed by atoms with Gasteiger partial charge in [-0.15, -0.1) is 11.8 Å². The first-order chi connectivity index (χ1) is 9.13. The number of thioether (sulfide) groups is 1. The van der Waals surface area contributed by atoms with E-state index in [-0.39, 0.29) is 0 Å². The van der Waals surface area contributed by atoms with Gasteiger partial charge in [-0.25, -0.2) is 0 Å². The molecule has 0 bridgehead atoms. The third-order valence-corrected chi connectivity index (χ3v) is 5.52. The van der Waals surface area contributed by atoms with Gasteiger partial charge in [-0.05, 0) is 43.4 Å². The molecule has 19 heavy (non-hydrogen) atoms. The predicted molar refractivity (Wildman–Crippen MR) is 85.8 cm³/mol. The normalized spacial score (nSPS) is 26.3. The van der Waals surface area contributed by atoms with E-state index in [1.807, 2.05) is 0 Å². The van der Waals surface area contributed by atoms with Crippen molar-refractivity contribution in [1.29, 1.82) is 0 Å². The lowest BCUT2D eigenvalue weighted by molar-refractivity contribution is 0.175. The quantitative estimate of drug-likeness (QED) is 0.835. The van der Waals surface area contributed by atoms with Gasteiger partial charge < -0.3 is 5.32 Å². The first-order valence-corrected chi connectivity index (χ1v) is 8.46. The van der Waals surface area contributed by atoms with Gasteiger partial charge in [0.25, 0.3) is 0 Å². The van der Waals surface area contributed by atoms with Crippen molar-refractivity contribution in [2.24, 2.45) is 5.41 Å². The van der Waals surface area contributed by atoms with Gasteiger partial charge in [-0.1, -0.05) is 45.4 Å². The Morgan fingerprint density at radius 3 is 2.68 bits per heavy atom. The van der Waals surface area contributed by atoms with E-state index in [2.05, 4.69) is 68.2 Å². The second kappa shape index (κ2) is 6.81. The SMILES string of the molecule is CCCNC1C(Sc2ccccc2)CCCC1(C)C. The monoisotopic (exact) mass is 277 g/mol. The zero-order valence-electron chi connectivity index (χ0n) is 12.5. The molecule has 1 aliphatic carbocycles. The lowest BCUT2D eigenvalue weighted by Crippen LogP contribution is -2.51. The highest BCUT2D eigenvalue weighted by molar-refractivity contribution is 8.00. The number of rotatable bonds is 5. The molecule has 1 nitrogen and oxygen atoms in total. The summed E-state index contributed by atoms with van der Waals surface area (Å²) in [5.41, 5.74) is 0.417. The highest BCUT2D eigenvalue weighted by Gasteiger charge is 2.38. The van der Waals surface area contributed by atoms with Crippen molar-refractivity contribution < 1.29 is 0 Å². The number of hydrogen-bond acceptors (Lipinski definition) is 2. The summed E-state index contributed by atoms with van der Waals surface area (Å²) < 4.78 is 0. The predicted octanol–water partition coefficient (Wildman–Crippen LogP) is 4.73. The van der Waals surface area contributed by atoms with Gasteiger partial charge in [0.05, 0.1) is 0 Å². The van der Waals surface area contributed by atoms with Gasteiger partial charge >= 0.3 is 0 Å². The van der Waals surface area contributed by atoms with Gasteiger partial charge in [0.15, 0.2) is 0 Å². The maximum Gasteiger partial charge on any atom is 0.0253 e. The number of nitrogens with one attached hydrogen (secondary N) is 1. The van der Waals surface area contributed by atoms with Crippen molar-refractivity contribution in [3.8, 4) is 0 Å². The van der Waals surface area contributed by atoms with Gasteiger partial charge in [0.1, 0.15) is 0 Å². The smallest absolute Gasteiger partial charge is 0.0253 e. The molecule has 106 valence electrons. The average molecular weight is 277 g/mol. The third-order valence-electron chi connectivity index (χ3n) is 4.17. The zero-order chi connectivity index (χ0) is 13.7. The summed E-state index contributed by atoms with van der Waals surface area (Å²) in [6.07, 6.45) is 5.27. The van der Waals surface area contributed by atoms with Crippen molar-refractivity contribution in [3.63, 3.8) is 0 Å². The van der Waals surface area contributed by atoms with Crippen LogP contribution in [0, 0.1) is 5.41 Å². The Morgan fingerprint density at radius 1 is 1.26 bits per heavy atom. The lowest BCUT2D eigenvalue weighted by atomic mass is 9.73. The van der Waals surface area contributed by atoms with Gasteiger partial charge in [0.2, 0.25) is 0 Å². The Kier molecular flexibility index (Phi) is 5.35. The Morgan fingerprint density at radius 2 is 2.00 bits per heavy atom. The molecular weight excluding hydrogens is 250 g/mol. The van der Waals surface area contributed by atoms with Crippen LogP contribution in [-0.2, 0) is 0 Å². The molecule has 1 N–H and O–H groups in total. The molecular formula is C17H27NS. The average Bonchev–Trinajstić information content (AvgIpc) is 2.38. The number of hydrogen-bond donors (Lipinski definition) is 1. The fourth-order valence-corrected chi connectivity index (χ4v) is 4.64. The van der Waals surface area contributed by atoms with Crippen LogP contribution in [0.2, 0.25) is 0 Å². The largest absolute Gasteiger partial charge is 0.312 e. The van der Waals surface area contributed by atoms with Crippen LogP contribution < -0.4 is 5.32 Å². The molecule has 0 radical (unpaired) electrons. The Hall–Kier alpha value is -0.470. The molecule has 1 saturated carbocycles. The van der Waals surface area contributed by atoms with Crippen LogP contribution in [0.25, 0.3) is 0 Å². The molecule has 2 atom stereocenters. The zero-order valence-corrected chi connectivity index (χ0v) is 13.3. The lowest BCUT2D eigenvalue weighted by Gasteiger charge is -2.44. The van der Waals surface area contributed by atoms with E-state index in [4.69, 9.17) is 0 Å². The topological polar surface area (TPSA) is 12.0 Å². The van der Waals surface area contributed by atoms with Gasteiger partial charge in [-0.3, -0.25) is 0 Å². The maximum atomic E-state index is 3.81. The molecule has 2 unspecified atom stereocenters. The van der Waals surface area contributed by atoms with Crippen LogP contribution in [0.15, 0.2) is 35.2 Å². The molecule has 0 amide bonds. The molecule has 1 aliphatic rings. The van der Waals surface area contributed by atoms with Crippen LogP contribution in [0.3, 0.4) is 0 Å². The first kappa shape index (κ1) is 14.9. The summed E-state index contributed by atoms with van der Waals surface area (Å²) in [7, 11) is 0. The molecule has 1 aromatic carbocycles. The number of benzene rings is 1. The van der Waals surface area contributed by atoms with E-state index in [0.717, 1.165) is 6.54 Å². The highest BCUT2D eigenvalue weighted by atomic mass is 32.2. The molecule has 1 aromatic rings. The first-order valence-electron chi connectivity index (χ1n) is 7.58. The molecule has 0 aliphatic heterocycles. The van der Waals surface area contributed by atoms with Crippen LogP contribution in [0.1, 0.15) is 46.5 Å². The van der Waals surface area contributed by atoms with Crippen LogP contribution in [0.5, 0.6) is 0 Å². The highest BCUT2D eigenvalue weighted by Crippen LogP contribution is 2.42. The van der Waals surface area contributed by atoms with Gasteiger partial charge in [0, 0.05) is 16.2 Å². The minimum absolute atomic E-state index is 0.417. The maximum absolute atomic E-state index is 3.81. The van der Waals surface area contributed by atoms with E-state index >= 15 is 0 Å². The summed E-state index contributed by atoms with van der Waals surface area (Å²) >= 11 is 2.06. The van der Waals surface area contributed by atoms with Crippen LogP contribution >= 0.6 is 11.8 Å².